The predicted octanol–water partition coefficient (Wildman–Crippen LogP) is 7.09. The molecule has 0 bridgehead atoms. The summed E-state index contributed by atoms with van der Waals surface area (Å²) < 4.78 is 16.1. The molecule has 2 amide bonds. The van der Waals surface area contributed by atoms with Crippen molar-refractivity contribution in [2.75, 3.05) is 33.9 Å². The molecule has 14 heteroatoms. The van der Waals surface area contributed by atoms with Crippen LogP contribution >= 0.6 is 0 Å². The van der Waals surface area contributed by atoms with E-state index in [0.29, 0.717) is 64.2 Å². The van der Waals surface area contributed by atoms with E-state index in [0.717, 1.165) is 95.3 Å². The minimum absolute atomic E-state index is 0.0170. The lowest BCUT2D eigenvalue weighted by molar-refractivity contribution is -0.149. The van der Waals surface area contributed by atoms with Crippen LogP contribution in [0.15, 0.2) is 30.3 Å². The number of hydrogen-bond acceptors (Lipinski definition) is 12. The van der Waals surface area contributed by atoms with Gasteiger partial charge in [0.25, 0.3) is 0 Å². The van der Waals surface area contributed by atoms with Crippen LogP contribution in [0.25, 0.3) is 0 Å². The van der Waals surface area contributed by atoms with Gasteiger partial charge in [-0.25, -0.2) is 4.79 Å². The molecule has 0 saturated heterocycles. The van der Waals surface area contributed by atoms with Crippen molar-refractivity contribution in [2.24, 2.45) is 11.8 Å². The third-order valence-electron chi connectivity index (χ3n) is 9.95. The van der Waals surface area contributed by atoms with Crippen LogP contribution in [0, 0.1) is 11.8 Å². The van der Waals surface area contributed by atoms with Crippen molar-refractivity contribution < 1.29 is 47.8 Å². The molecule has 0 aromatic heterocycles. The molecule has 1 aromatic rings. The topological polar surface area (TPSA) is 195 Å². The first-order valence-corrected chi connectivity index (χ1v) is 23.1. The summed E-state index contributed by atoms with van der Waals surface area (Å²) in [6.07, 6.45) is 14.6. The second kappa shape index (κ2) is 38.5. The second-order valence-corrected chi connectivity index (χ2v) is 16.8. The Morgan fingerprint density at radius 2 is 1.10 bits per heavy atom. The largest absolute Gasteiger partial charge is 0.465 e. The highest BCUT2D eigenvalue weighted by atomic mass is 16.5. The van der Waals surface area contributed by atoms with E-state index in [1.807, 2.05) is 44.2 Å². The van der Waals surface area contributed by atoms with Crippen LogP contribution in [-0.4, -0.2) is 93.8 Å². The van der Waals surface area contributed by atoms with Crippen molar-refractivity contribution >= 4 is 41.8 Å². The monoisotopic (exact) mass is 875 g/mol. The highest BCUT2D eigenvalue weighted by Crippen LogP contribution is 2.12. The maximum absolute atomic E-state index is 12.5. The van der Waals surface area contributed by atoms with Gasteiger partial charge in [0.05, 0.1) is 13.2 Å². The Bertz CT molecular complexity index is 1370. The number of carbonyl (C=O) groups is 7. The molecule has 0 aliphatic carbocycles. The van der Waals surface area contributed by atoms with E-state index in [1.54, 1.807) is 21.0 Å². The fourth-order valence-electron chi connectivity index (χ4n) is 6.38. The number of aldehydes is 1. The summed E-state index contributed by atoms with van der Waals surface area (Å²) in [4.78, 5) is 81.8. The zero-order valence-corrected chi connectivity index (χ0v) is 39.2. The number of Topliss-reactive ketones (excluding diaryl/α,β-unsaturated/α-hetero) is 1. The SMILES string of the molecule is CNC(CC(C)C)C(=O)OCCCCCCOC(=O)C(CC(C)C)NC(=O)CCCCCCC(C)=O.CNC(CCCCNC(=O)CCCCC=O)C(=O)OCc1ccccc1. The van der Waals surface area contributed by atoms with Crippen molar-refractivity contribution in [1.82, 2.24) is 21.3 Å². The Morgan fingerprint density at radius 1 is 0.581 bits per heavy atom. The standard InChI is InChI=1S/C28H52N2O6.C20H30N2O4/c1-21(2)19-24(29-6)27(33)35-17-13-9-10-14-18-36-28(34)25(20-22(3)4)30-26(32)16-12-8-7-11-15-23(5)31;1-21-18(20(25)26-16-17-10-4-2-5-11-17)12-7-8-14-22-19(24)13-6-3-9-15-23/h21-22,24-25,29H,7-20H2,1-6H3,(H,30,32);2,4-5,10-11,15,18,21H,3,6-9,12-14,16H2,1H3,(H,22,24). The van der Waals surface area contributed by atoms with Crippen LogP contribution in [0.1, 0.15) is 162 Å². The minimum atomic E-state index is -0.624. The maximum Gasteiger partial charge on any atom is 0.328 e. The lowest BCUT2D eigenvalue weighted by Crippen LogP contribution is -2.42. The van der Waals surface area contributed by atoms with Gasteiger partial charge < -0.3 is 45.1 Å². The number of hydrogen-bond donors (Lipinski definition) is 4. The van der Waals surface area contributed by atoms with Crippen LogP contribution < -0.4 is 21.3 Å². The first kappa shape index (κ1) is 57.8. The molecule has 354 valence electrons. The fraction of sp³-hybridized carbons (Fsp3) is 0.729. The average Bonchev–Trinajstić information content (AvgIpc) is 3.23. The summed E-state index contributed by atoms with van der Waals surface area (Å²) in [5.41, 5.74) is 0.964. The van der Waals surface area contributed by atoms with Crippen LogP contribution in [0.5, 0.6) is 0 Å². The van der Waals surface area contributed by atoms with Gasteiger partial charge in [0.1, 0.15) is 36.8 Å². The minimum Gasteiger partial charge on any atom is -0.465 e. The average molecular weight is 875 g/mol. The number of ether oxygens (including phenoxy) is 3. The molecule has 1 aromatic carbocycles. The third-order valence-corrected chi connectivity index (χ3v) is 9.95. The summed E-state index contributed by atoms with van der Waals surface area (Å²) in [7, 11) is 3.52. The Balaban J connectivity index is 0.00000126. The normalized spacial score (nSPS) is 12.3. The predicted molar refractivity (Wildman–Crippen MR) is 243 cm³/mol. The smallest absolute Gasteiger partial charge is 0.328 e. The highest BCUT2D eigenvalue weighted by molar-refractivity contribution is 5.84. The molecule has 3 atom stereocenters. The molecule has 0 saturated carbocycles. The Hall–Kier alpha value is -4.17. The van der Waals surface area contributed by atoms with E-state index in [9.17, 15) is 33.6 Å². The van der Waals surface area contributed by atoms with Crippen LogP contribution in [0.4, 0.5) is 0 Å². The fourth-order valence-corrected chi connectivity index (χ4v) is 6.38. The Morgan fingerprint density at radius 3 is 1.66 bits per heavy atom. The van der Waals surface area contributed by atoms with Crippen molar-refractivity contribution in [3.05, 3.63) is 35.9 Å². The van der Waals surface area contributed by atoms with Gasteiger partial charge in [-0.15, -0.1) is 0 Å². The van der Waals surface area contributed by atoms with E-state index >= 15 is 0 Å². The van der Waals surface area contributed by atoms with E-state index in [4.69, 9.17) is 14.2 Å². The molecular formula is C48H82N4O10. The number of rotatable bonds is 36. The Kier molecular flexibility index (Phi) is 35.9. The molecular weight excluding hydrogens is 793 g/mol. The Labute approximate surface area is 372 Å². The molecule has 0 heterocycles. The van der Waals surface area contributed by atoms with Gasteiger partial charge in [-0.1, -0.05) is 70.9 Å². The first-order chi connectivity index (χ1) is 29.7. The summed E-state index contributed by atoms with van der Waals surface area (Å²) in [5, 5.41) is 11.7. The second-order valence-electron chi connectivity index (χ2n) is 16.8. The number of likely N-dealkylation sites (N-methyl/N-ethyl adjacent to an activating group) is 2. The van der Waals surface area contributed by atoms with Crippen molar-refractivity contribution in [3.8, 4) is 0 Å². The number of unbranched alkanes of at least 4 members (excludes halogenated alkanes) is 9. The van der Waals surface area contributed by atoms with Gasteiger partial charge in [-0.2, -0.15) is 0 Å². The number of amides is 2. The van der Waals surface area contributed by atoms with Gasteiger partial charge in [-0.05, 0) is 122 Å². The van der Waals surface area contributed by atoms with Crippen molar-refractivity contribution in [1.29, 1.82) is 0 Å². The molecule has 0 radical (unpaired) electrons. The zero-order chi connectivity index (χ0) is 46.4. The molecule has 0 fully saturated rings. The third kappa shape index (κ3) is 33.5. The van der Waals surface area contributed by atoms with E-state index in [2.05, 4.69) is 35.1 Å². The van der Waals surface area contributed by atoms with Crippen molar-refractivity contribution in [2.45, 2.75) is 181 Å². The summed E-state index contributed by atoms with van der Waals surface area (Å²) in [5.74, 6) is -0.0852. The number of benzene rings is 1. The van der Waals surface area contributed by atoms with Crippen LogP contribution in [0.2, 0.25) is 0 Å². The van der Waals surface area contributed by atoms with Gasteiger partial charge in [0, 0.05) is 32.2 Å². The molecule has 3 unspecified atom stereocenters. The number of carbonyl (C=O) groups excluding carboxylic acids is 7. The number of ketones is 1. The van der Waals surface area contributed by atoms with E-state index < -0.39 is 6.04 Å². The molecule has 0 aliphatic rings. The first-order valence-electron chi connectivity index (χ1n) is 23.1. The number of esters is 3. The maximum atomic E-state index is 12.5. The van der Waals surface area contributed by atoms with Crippen molar-refractivity contribution in [3.63, 3.8) is 0 Å². The van der Waals surface area contributed by atoms with E-state index in [-0.39, 0.29) is 60.1 Å². The van der Waals surface area contributed by atoms with Gasteiger partial charge in [0.2, 0.25) is 11.8 Å². The lowest BCUT2D eigenvalue weighted by atomic mass is 10.0. The van der Waals surface area contributed by atoms with Crippen LogP contribution in [0.3, 0.4) is 0 Å². The van der Waals surface area contributed by atoms with Gasteiger partial charge >= 0.3 is 17.9 Å². The molecule has 14 nitrogen and oxygen atoms in total. The quantitative estimate of drug-likeness (QED) is 0.0232. The van der Waals surface area contributed by atoms with Gasteiger partial charge in [-0.3, -0.25) is 19.2 Å². The molecule has 1 rings (SSSR count). The lowest BCUT2D eigenvalue weighted by Gasteiger charge is -2.19. The highest BCUT2D eigenvalue weighted by Gasteiger charge is 2.23. The summed E-state index contributed by atoms with van der Waals surface area (Å²) >= 11 is 0. The summed E-state index contributed by atoms with van der Waals surface area (Å²) in [6.45, 7) is 11.3. The molecule has 0 aliphatic heterocycles. The number of nitrogens with one attached hydrogen (secondary N) is 4. The molecule has 4 N–H and O–H groups in total. The zero-order valence-electron chi connectivity index (χ0n) is 39.2. The van der Waals surface area contributed by atoms with Gasteiger partial charge in [0.15, 0.2) is 0 Å². The van der Waals surface area contributed by atoms with E-state index in [1.165, 1.54) is 0 Å². The molecule has 62 heavy (non-hydrogen) atoms. The van der Waals surface area contributed by atoms with Crippen LogP contribution in [-0.2, 0) is 54.4 Å². The summed E-state index contributed by atoms with van der Waals surface area (Å²) in [6, 6.07) is 8.36. The molecule has 0 spiro atoms.